The molecule has 18 heavy (non-hydrogen) atoms. The largest absolute Gasteiger partial charge is 0.399 e. The molecule has 4 N–H and O–H groups in total. The number of nitrogens with two attached hydrogens (primary N) is 2. The van der Waals surface area contributed by atoms with Crippen LogP contribution in [-0.2, 0) is 12.0 Å². The summed E-state index contributed by atoms with van der Waals surface area (Å²) in [5, 5.41) is 0.712. The molecule has 3 nitrogen and oxygen atoms in total. The maximum absolute atomic E-state index is 5.96. The number of aliphatic imine (C=N–C) groups is 1. The molecule has 2 aliphatic rings. The SMILES string of the molecule is C[C@]12N=C(N)SC[C@H]1CCCc1ccc(N)cc12. The summed E-state index contributed by atoms with van der Waals surface area (Å²) in [4.78, 5) is 4.78. The smallest absolute Gasteiger partial charge is 0.154 e. The van der Waals surface area contributed by atoms with Crippen molar-refractivity contribution in [3.63, 3.8) is 0 Å². The van der Waals surface area contributed by atoms with Crippen LogP contribution in [0.15, 0.2) is 23.2 Å². The van der Waals surface area contributed by atoms with E-state index in [9.17, 15) is 0 Å². The molecule has 96 valence electrons. The third kappa shape index (κ3) is 1.79. The fraction of sp³-hybridized carbons (Fsp3) is 0.500. The first-order valence-electron chi connectivity index (χ1n) is 6.46. The van der Waals surface area contributed by atoms with Gasteiger partial charge >= 0.3 is 0 Å². The van der Waals surface area contributed by atoms with Crippen LogP contribution in [0, 0.1) is 5.92 Å². The lowest BCUT2D eigenvalue weighted by Crippen LogP contribution is -2.37. The summed E-state index contributed by atoms with van der Waals surface area (Å²) < 4.78 is 0. The van der Waals surface area contributed by atoms with E-state index in [-0.39, 0.29) is 5.54 Å². The Labute approximate surface area is 112 Å². The van der Waals surface area contributed by atoms with Gasteiger partial charge in [0, 0.05) is 11.4 Å². The van der Waals surface area contributed by atoms with Gasteiger partial charge in [0.1, 0.15) is 0 Å². The van der Waals surface area contributed by atoms with Gasteiger partial charge in [-0.3, -0.25) is 4.99 Å². The summed E-state index contributed by atoms with van der Waals surface area (Å²) >= 11 is 1.69. The highest BCUT2D eigenvalue weighted by Gasteiger charge is 2.41. The van der Waals surface area contributed by atoms with Crippen LogP contribution in [0.3, 0.4) is 0 Å². The summed E-state index contributed by atoms with van der Waals surface area (Å²) in [6, 6.07) is 6.25. The fourth-order valence-electron chi connectivity index (χ4n) is 3.17. The van der Waals surface area contributed by atoms with Crippen molar-refractivity contribution in [3.8, 4) is 0 Å². The van der Waals surface area contributed by atoms with E-state index in [0.717, 1.165) is 17.9 Å². The molecule has 0 fully saturated rings. The molecule has 3 rings (SSSR count). The summed E-state index contributed by atoms with van der Waals surface area (Å²) in [5.41, 5.74) is 15.2. The number of amidine groups is 1. The molecule has 2 atom stereocenters. The number of aryl methyl sites for hydroxylation is 1. The number of nitrogens with zero attached hydrogens (tertiary/aromatic N) is 1. The number of nitrogen functional groups attached to an aromatic ring is 1. The molecule has 0 unspecified atom stereocenters. The standard InChI is InChI=1S/C14H19N3S/c1-14-10(8-18-13(16)17-14)4-2-3-9-5-6-11(15)7-12(9)14/h5-7,10H,2-4,8,15H2,1H3,(H2,16,17)/t10-,14+/m1/s1. The molecule has 0 radical (unpaired) electrons. The molecule has 1 aliphatic carbocycles. The molecular weight excluding hydrogens is 242 g/mol. The maximum atomic E-state index is 5.96. The van der Waals surface area contributed by atoms with E-state index >= 15 is 0 Å². The number of thioether (sulfide) groups is 1. The molecule has 0 saturated heterocycles. The number of hydrogen-bond donors (Lipinski definition) is 2. The van der Waals surface area contributed by atoms with Gasteiger partial charge in [0.05, 0.1) is 5.54 Å². The summed E-state index contributed by atoms with van der Waals surface area (Å²) in [6.07, 6.45) is 3.57. The lowest BCUT2D eigenvalue weighted by molar-refractivity contribution is 0.317. The van der Waals surface area contributed by atoms with Crippen molar-refractivity contribution in [2.45, 2.75) is 31.7 Å². The zero-order valence-electron chi connectivity index (χ0n) is 10.6. The molecule has 0 saturated carbocycles. The van der Waals surface area contributed by atoms with Gasteiger partial charge in [0.25, 0.3) is 0 Å². The Kier molecular flexibility index (Phi) is 2.77. The molecule has 0 amide bonds. The zero-order chi connectivity index (χ0) is 12.8. The van der Waals surface area contributed by atoms with Gasteiger partial charge in [-0.25, -0.2) is 0 Å². The summed E-state index contributed by atoms with van der Waals surface area (Å²) in [5.74, 6) is 1.64. The predicted octanol–water partition coefficient (Wildman–Crippen LogP) is 2.50. The number of fused-ring (bicyclic) bond motifs is 3. The molecule has 1 aromatic rings. The monoisotopic (exact) mass is 261 g/mol. The number of hydrogen-bond acceptors (Lipinski definition) is 4. The maximum Gasteiger partial charge on any atom is 0.154 e. The average molecular weight is 261 g/mol. The van der Waals surface area contributed by atoms with Gasteiger partial charge in [-0.15, -0.1) is 0 Å². The Morgan fingerprint density at radius 1 is 1.39 bits per heavy atom. The van der Waals surface area contributed by atoms with E-state index in [1.807, 2.05) is 6.07 Å². The molecule has 1 aromatic carbocycles. The fourth-order valence-corrected chi connectivity index (χ4v) is 4.28. The van der Waals surface area contributed by atoms with Crippen LogP contribution in [0.2, 0.25) is 0 Å². The Balaban J connectivity index is 2.19. The highest BCUT2D eigenvalue weighted by molar-refractivity contribution is 8.13. The predicted molar refractivity (Wildman–Crippen MR) is 78.7 cm³/mol. The average Bonchev–Trinajstić information content (AvgIpc) is 2.46. The van der Waals surface area contributed by atoms with Crippen LogP contribution >= 0.6 is 11.8 Å². The molecule has 0 bridgehead atoms. The second-order valence-electron chi connectivity index (χ2n) is 5.41. The van der Waals surface area contributed by atoms with Crippen molar-refractivity contribution in [2.75, 3.05) is 11.5 Å². The molecule has 0 aromatic heterocycles. The van der Waals surface area contributed by atoms with Gasteiger partial charge < -0.3 is 11.5 Å². The van der Waals surface area contributed by atoms with Crippen molar-refractivity contribution < 1.29 is 0 Å². The molecular formula is C14H19N3S. The summed E-state index contributed by atoms with van der Waals surface area (Å²) in [7, 11) is 0. The van der Waals surface area contributed by atoms with E-state index in [0.29, 0.717) is 11.1 Å². The van der Waals surface area contributed by atoms with Crippen molar-refractivity contribution in [2.24, 2.45) is 16.6 Å². The number of benzene rings is 1. The topological polar surface area (TPSA) is 64.4 Å². The Morgan fingerprint density at radius 2 is 2.22 bits per heavy atom. The first-order valence-corrected chi connectivity index (χ1v) is 7.45. The Bertz CT molecular complexity index is 512. The second-order valence-corrected chi connectivity index (χ2v) is 6.45. The normalized spacial score (nSPS) is 30.9. The minimum absolute atomic E-state index is 0.184. The minimum Gasteiger partial charge on any atom is -0.399 e. The van der Waals surface area contributed by atoms with Crippen LogP contribution in [0.1, 0.15) is 30.9 Å². The number of rotatable bonds is 0. The highest BCUT2D eigenvalue weighted by atomic mass is 32.2. The first kappa shape index (κ1) is 11.9. The third-order valence-electron chi connectivity index (χ3n) is 4.25. The Hall–Kier alpha value is -1.16. The lowest BCUT2D eigenvalue weighted by atomic mass is 9.79. The molecule has 4 heteroatoms. The van der Waals surface area contributed by atoms with Crippen molar-refractivity contribution in [1.82, 2.24) is 0 Å². The van der Waals surface area contributed by atoms with Gasteiger partial charge in [0.15, 0.2) is 5.17 Å². The van der Waals surface area contributed by atoms with Gasteiger partial charge in [-0.2, -0.15) is 0 Å². The molecule has 1 heterocycles. The number of anilines is 1. The van der Waals surface area contributed by atoms with Gasteiger partial charge in [0.2, 0.25) is 0 Å². The molecule has 1 aliphatic heterocycles. The van der Waals surface area contributed by atoms with Crippen molar-refractivity contribution >= 4 is 22.6 Å². The van der Waals surface area contributed by atoms with Crippen LogP contribution in [0.5, 0.6) is 0 Å². The van der Waals surface area contributed by atoms with E-state index in [2.05, 4.69) is 19.1 Å². The van der Waals surface area contributed by atoms with E-state index in [1.54, 1.807) is 11.8 Å². The van der Waals surface area contributed by atoms with E-state index in [4.69, 9.17) is 16.5 Å². The third-order valence-corrected chi connectivity index (χ3v) is 5.20. The highest BCUT2D eigenvalue weighted by Crippen LogP contribution is 2.46. The minimum atomic E-state index is -0.184. The van der Waals surface area contributed by atoms with Gasteiger partial charge in [-0.1, -0.05) is 17.8 Å². The summed E-state index contributed by atoms with van der Waals surface area (Å²) in [6.45, 7) is 2.22. The van der Waals surface area contributed by atoms with E-state index < -0.39 is 0 Å². The van der Waals surface area contributed by atoms with E-state index in [1.165, 1.54) is 24.0 Å². The van der Waals surface area contributed by atoms with Crippen LogP contribution in [0.25, 0.3) is 0 Å². The zero-order valence-corrected chi connectivity index (χ0v) is 11.5. The Morgan fingerprint density at radius 3 is 3.06 bits per heavy atom. The van der Waals surface area contributed by atoms with Crippen LogP contribution in [-0.4, -0.2) is 10.9 Å². The second kappa shape index (κ2) is 4.19. The van der Waals surface area contributed by atoms with Crippen LogP contribution < -0.4 is 11.5 Å². The first-order chi connectivity index (χ1) is 8.59. The van der Waals surface area contributed by atoms with Gasteiger partial charge in [-0.05, 0) is 55.4 Å². The lowest BCUT2D eigenvalue weighted by Gasteiger charge is -2.37. The van der Waals surface area contributed by atoms with Crippen molar-refractivity contribution in [3.05, 3.63) is 29.3 Å². The van der Waals surface area contributed by atoms with Crippen LogP contribution in [0.4, 0.5) is 5.69 Å². The molecule has 0 spiro atoms. The van der Waals surface area contributed by atoms with Crippen molar-refractivity contribution in [1.29, 1.82) is 0 Å². The quantitative estimate of drug-likeness (QED) is 0.705.